The standard InChI is InChI=1S/C16H21ClN2O3Si/c1-16(2,3)23(4,5)22-9-11-6-13(21-8-11)14(20)12-7-18-10-19-15(12)17/h6-8,10H,9H2,1-5H3. The van der Waals surface area contributed by atoms with E-state index in [1.807, 2.05) is 0 Å². The van der Waals surface area contributed by atoms with E-state index in [0.717, 1.165) is 5.56 Å². The van der Waals surface area contributed by atoms with E-state index in [0.29, 0.717) is 6.61 Å². The lowest BCUT2D eigenvalue weighted by atomic mass is 10.1. The second-order valence-electron chi connectivity index (χ2n) is 6.92. The Morgan fingerprint density at radius 2 is 2.09 bits per heavy atom. The molecule has 0 aliphatic carbocycles. The highest BCUT2D eigenvalue weighted by atomic mass is 35.5. The fourth-order valence-corrected chi connectivity index (χ4v) is 2.79. The minimum Gasteiger partial charge on any atom is -0.460 e. The topological polar surface area (TPSA) is 65.2 Å². The predicted octanol–water partition coefficient (Wildman–Crippen LogP) is 4.48. The van der Waals surface area contributed by atoms with E-state index in [-0.39, 0.29) is 27.3 Å². The third-order valence-corrected chi connectivity index (χ3v) is 8.97. The van der Waals surface area contributed by atoms with Gasteiger partial charge in [-0.25, -0.2) is 9.97 Å². The highest BCUT2D eigenvalue weighted by Crippen LogP contribution is 2.37. The van der Waals surface area contributed by atoms with Crippen molar-refractivity contribution in [3.05, 3.63) is 46.9 Å². The monoisotopic (exact) mass is 352 g/mol. The van der Waals surface area contributed by atoms with E-state index in [4.69, 9.17) is 20.4 Å². The van der Waals surface area contributed by atoms with Crippen molar-refractivity contribution in [2.45, 2.75) is 45.5 Å². The zero-order valence-electron chi connectivity index (χ0n) is 14.0. The van der Waals surface area contributed by atoms with Crippen molar-refractivity contribution in [2.75, 3.05) is 0 Å². The van der Waals surface area contributed by atoms with Gasteiger partial charge in [-0.1, -0.05) is 32.4 Å². The second-order valence-corrected chi connectivity index (χ2v) is 12.1. The molecule has 0 aromatic carbocycles. The zero-order valence-corrected chi connectivity index (χ0v) is 15.8. The number of carbonyl (C=O) groups excluding carboxylic acids is 1. The summed E-state index contributed by atoms with van der Waals surface area (Å²) in [4.78, 5) is 20.0. The number of halogens is 1. The molecule has 0 bridgehead atoms. The third-order valence-electron chi connectivity index (χ3n) is 4.19. The molecular formula is C16H21ClN2O3Si. The van der Waals surface area contributed by atoms with Gasteiger partial charge in [-0.05, 0) is 24.2 Å². The van der Waals surface area contributed by atoms with Crippen LogP contribution in [0.5, 0.6) is 0 Å². The molecule has 2 aromatic rings. The number of hydrogen-bond donors (Lipinski definition) is 0. The van der Waals surface area contributed by atoms with E-state index < -0.39 is 8.32 Å². The molecule has 0 aliphatic heterocycles. The molecule has 0 unspecified atom stereocenters. The molecule has 2 heterocycles. The number of aromatic nitrogens is 2. The van der Waals surface area contributed by atoms with Crippen LogP contribution >= 0.6 is 11.6 Å². The maximum atomic E-state index is 12.4. The van der Waals surface area contributed by atoms with Gasteiger partial charge in [0.25, 0.3) is 0 Å². The fraction of sp³-hybridized carbons (Fsp3) is 0.438. The number of rotatable bonds is 5. The van der Waals surface area contributed by atoms with Crippen molar-refractivity contribution in [3.8, 4) is 0 Å². The summed E-state index contributed by atoms with van der Waals surface area (Å²) in [5, 5.41) is 0.241. The van der Waals surface area contributed by atoms with E-state index in [9.17, 15) is 4.79 Å². The average Bonchev–Trinajstić information content (AvgIpc) is 2.93. The fourth-order valence-electron chi connectivity index (χ4n) is 1.65. The highest BCUT2D eigenvalue weighted by molar-refractivity contribution is 6.74. The lowest BCUT2D eigenvalue weighted by molar-refractivity contribution is 0.101. The van der Waals surface area contributed by atoms with Crippen LogP contribution in [0.2, 0.25) is 23.3 Å². The Morgan fingerprint density at radius 1 is 1.39 bits per heavy atom. The van der Waals surface area contributed by atoms with E-state index >= 15 is 0 Å². The summed E-state index contributed by atoms with van der Waals surface area (Å²) in [5.41, 5.74) is 1.05. The molecule has 0 spiro atoms. The van der Waals surface area contributed by atoms with Crippen molar-refractivity contribution < 1.29 is 13.6 Å². The molecule has 2 aromatic heterocycles. The van der Waals surface area contributed by atoms with Gasteiger partial charge in [-0.3, -0.25) is 4.79 Å². The Labute approximate surface area is 142 Å². The molecule has 23 heavy (non-hydrogen) atoms. The first kappa shape index (κ1) is 17.8. The summed E-state index contributed by atoms with van der Waals surface area (Å²) in [6.45, 7) is 11.3. The van der Waals surface area contributed by atoms with Gasteiger partial charge < -0.3 is 8.84 Å². The van der Waals surface area contributed by atoms with Crippen molar-refractivity contribution in [3.63, 3.8) is 0 Å². The summed E-state index contributed by atoms with van der Waals surface area (Å²) in [6, 6.07) is 1.68. The lowest BCUT2D eigenvalue weighted by Crippen LogP contribution is -2.40. The van der Waals surface area contributed by atoms with E-state index in [1.165, 1.54) is 18.8 Å². The SMILES string of the molecule is CC(C)(C)[Si](C)(C)OCc1coc(C(=O)c2cncnc2Cl)c1. The molecule has 0 aliphatic rings. The Kier molecular flexibility index (Phi) is 5.08. The summed E-state index contributed by atoms with van der Waals surface area (Å²) >= 11 is 5.91. The lowest BCUT2D eigenvalue weighted by Gasteiger charge is -2.36. The summed E-state index contributed by atoms with van der Waals surface area (Å²) in [7, 11) is -1.85. The van der Waals surface area contributed by atoms with Crippen LogP contribution in [-0.2, 0) is 11.0 Å². The number of nitrogens with zero attached hydrogens (tertiary/aromatic N) is 2. The van der Waals surface area contributed by atoms with Gasteiger partial charge in [-0.15, -0.1) is 0 Å². The molecule has 0 atom stereocenters. The molecule has 7 heteroatoms. The first-order valence-electron chi connectivity index (χ1n) is 7.33. The molecular weight excluding hydrogens is 332 g/mol. The largest absolute Gasteiger partial charge is 0.460 e. The normalized spacial score (nSPS) is 12.4. The van der Waals surface area contributed by atoms with E-state index in [1.54, 1.807) is 6.07 Å². The number of hydrogen-bond acceptors (Lipinski definition) is 5. The van der Waals surface area contributed by atoms with Crippen molar-refractivity contribution in [1.29, 1.82) is 0 Å². The smallest absolute Gasteiger partial charge is 0.232 e. The Balaban J connectivity index is 2.10. The van der Waals surface area contributed by atoms with Gasteiger partial charge in [-0.2, -0.15) is 0 Å². The summed E-state index contributed by atoms with van der Waals surface area (Å²) < 4.78 is 11.5. The average molecular weight is 353 g/mol. The molecule has 0 amide bonds. The minimum absolute atomic E-state index is 0.112. The van der Waals surface area contributed by atoms with Gasteiger partial charge >= 0.3 is 0 Å². The van der Waals surface area contributed by atoms with Gasteiger partial charge in [0.2, 0.25) is 5.78 Å². The highest BCUT2D eigenvalue weighted by Gasteiger charge is 2.37. The quantitative estimate of drug-likeness (QED) is 0.451. The Bertz CT molecular complexity index is 707. The Hall–Kier alpha value is -1.50. The van der Waals surface area contributed by atoms with Crippen LogP contribution in [0.3, 0.4) is 0 Å². The molecule has 124 valence electrons. The molecule has 0 N–H and O–H groups in total. The number of furan rings is 1. The van der Waals surface area contributed by atoms with Crippen LogP contribution in [0.1, 0.15) is 42.5 Å². The molecule has 0 saturated heterocycles. The van der Waals surface area contributed by atoms with Gasteiger partial charge in [0.1, 0.15) is 11.5 Å². The predicted molar refractivity (Wildman–Crippen MR) is 91.2 cm³/mol. The van der Waals surface area contributed by atoms with Gasteiger partial charge in [0.15, 0.2) is 14.1 Å². The maximum Gasteiger partial charge on any atom is 0.232 e. The van der Waals surface area contributed by atoms with Crippen LogP contribution in [0, 0.1) is 0 Å². The van der Waals surface area contributed by atoms with E-state index in [2.05, 4.69) is 43.8 Å². The first-order valence-corrected chi connectivity index (χ1v) is 10.6. The minimum atomic E-state index is -1.85. The van der Waals surface area contributed by atoms with Crippen molar-refractivity contribution >= 4 is 25.7 Å². The molecule has 0 fully saturated rings. The summed E-state index contributed by atoms with van der Waals surface area (Å²) in [5.74, 6) is -0.135. The van der Waals surface area contributed by atoms with Gasteiger partial charge in [0.05, 0.1) is 18.4 Å². The zero-order chi connectivity index (χ0) is 17.3. The van der Waals surface area contributed by atoms with Crippen LogP contribution in [0.4, 0.5) is 0 Å². The maximum absolute atomic E-state index is 12.4. The van der Waals surface area contributed by atoms with Crippen LogP contribution in [0.25, 0.3) is 0 Å². The van der Waals surface area contributed by atoms with Crippen molar-refractivity contribution in [2.24, 2.45) is 0 Å². The van der Waals surface area contributed by atoms with Crippen LogP contribution in [-0.4, -0.2) is 24.1 Å². The molecule has 2 rings (SSSR count). The molecule has 5 nitrogen and oxygen atoms in total. The van der Waals surface area contributed by atoms with Gasteiger partial charge in [0, 0.05) is 11.8 Å². The van der Waals surface area contributed by atoms with Crippen LogP contribution in [0.15, 0.2) is 29.3 Å². The third kappa shape index (κ3) is 4.07. The van der Waals surface area contributed by atoms with Crippen molar-refractivity contribution in [1.82, 2.24) is 9.97 Å². The van der Waals surface area contributed by atoms with Crippen LogP contribution < -0.4 is 0 Å². The second kappa shape index (κ2) is 6.55. The molecule has 0 saturated carbocycles. The first-order chi connectivity index (χ1) is 10.6. The number of ketones is 1. The molecule has 0 radical (unpaired) electrons. The summed E-state index contributed by atoms with van der Waals surface area (Å²) in [6.07, 6.45) is 4.21. The Morgan fingerprint density at radius 3 is 2.70 bits per heavy atom. The number of carbonyl (C=O) groups is 1.